The predicted molar refractivity (Wildman–Crippen MR) is 124 cm³/mol. The average molecular weight is 454 g/mol. The molecule has 0 aliphatic rings. The maximum absolute atomic E-state index is 13.3. The fraction of sp³-hybridized carbons (Fsp3) is 0.333. The summed E-state index contributed by atoms with van der Waals surface area (Å²) in [5.74, 6) is 0.611. The van der Waals surface area contributed by atoms with E-state index in [0.717, 1.165) is 35.6 Å². The summed E-state index contributed by atoms with van der Waals surface area (Å²) in [7, 11) is 1.63. The number of fused-ring (bicyclic) bond motifs is 1. The number of carbonyl (C=O) groups is 1. The molecule has 2 aromatic carbocycles. The van der Waals surface area contributed by atoms with Crippen LogP contribution in [0.1, 0.15) is 24.2 Å². The summed E-state index contributed by atoms with van der Waals surface area (Å²) in [6, 6.07) is 12.9. The number of benzene rings is 2. The van der Waals surface area contributed by atoms with Crippen LogP contribution in [0.25, 0.3) is 10.2 Å². The number of carbonyl (C=O) groups excluding carboxylic acids is 1. The topological polar surface area (TPSA) is 45.7 Å². The maximum atomic E-state index is 13.3. The van der Waals surface area contributed by atoms with E-state index < -0.39 is 0 Å². The largest absolute Gasteiger partial charge is 0.497 e. The van der Waals surface area contributed by atoms with Gasteiger partial charge in [-0.3, -0.25) is 9.69 Å². The van der Waals surface area contributed by atoms with Crippen LogP contribution in [0.3, 0.4) is 0 Å². The minimum Gasteiger partial charge on any atom is -0.497 e. The molecule has 29 heavy (non-hydrogen) atoms. The Morgan fingerprint density at radius 3 is 2.52 bits per heavy atom. The molecule has 0 aliphatic carbocycles. The Balaban J connectivity index is 0.00000300. The molecule has 0 atom stereocenters. The molecule has 0 N–H and O–H groups in total. The first kappa shape index (κ1) is 23.4. The van der Waals surface area contributed by atoms with E-state index in [1.54, 1.807) is 24.1 Å². The van der Waals surface area contributed by atoms with Crippen molar-refractivity contribution >= 4 is 56.6 Å². The van der Waals surface area contributed by atoms with Gasteiger partial charge in [-0.25, -0.2) is 4.98 Å². The molecule has 1 heterocycles. The zero-order valence-corrected chi connectivity index (χ0v) is 19.1. The minimum atomic E-state index is -0.135. The lowest BCUT2D eigenvalue weighted by Gasteiger charge is -2.25. The van der Waals surface area contributed by atoms with Gasteiger partial charge in [0.2, 0.25) is 0 Å². The fourth-order valence-corrected chi connectivity index (χ4v) is 4.17. The summed E-state index contributed by atoms with van der Waals surface area (Å²) in [5.41, 5.74) is 1.31. The van der Waals surface area contributed by atoms with Crippen molar-refractivity contribution in [2.45, 2.75) is 13.8 Å². The van der Waals surface area contributed by atoms with Gasteiger partial charge in [0.25, 0.3) is 5.91 Å². The van der Waals surface area contributed by atoms with Gasteiger partial charge in [0, 0.05) is 19.2 Å². The Bertz CT molecular complexity index is 960. The number of likely N-dealkylation sites (N-methyl/N-ethyl adjacent to an activating group) is 1. The van der Waals surface area contributed by atoms with Crippen molar-refractivity contribution in [3.63, 3.8) is 0 Å². The van der Waals surface area contributed by atoms with Gasteiger partial charge in [-0.2, -0.15) is 0 Å². The van der Waals surface area contributed by atoms with Crippen LogP contribution in [0.4, 0.5) is 5.13 Å². The Kier molecular flexibility index (Phi) is 8.71. The molecule has 0 saturated heterocycles. The van der Waals surface area contributed by atoms with Crippen LogP contribution in [0.5, 0.6) is 5.75 Å². The number of ether oxygens (including phenoxy) is 1. The predicted octanol–water partition coefficient (Wildman–Crippen LogP) is 5.37. The van der Waals surface area contributed by atoms with Gasteiger partial charge in [0.1, 0.15) is 5.75 Å². The molecule has 0 aliphatic heterocycles. The van der Waals surface area contributed by atoms with Crippen molar-refractivity contribution in [1.29, 1.82) is 0 Å². The number of hydrogen-bond donors (Lipinski definition) is 0. The van der Waals surface area contributed by atoms with E-state index in [9.17, 15) is 4.79 Å². The standard InChI is InChI=1S/C21H24ClN3O2S.ClH/c1-4-24(5-2)12-13-25(20(26)16-8-6-7-9-17(16)22)21-23-18-14-15(27-3)10-11-19(18)28-21;/h6-11,14H,4-5,12-13H2,1-3H3;1H. The van der Waals surface area contributed by atoms with Crippen molar-refractivity contribution in [2.75, 3.05) is 38.2 Å². The molecule has 3 rings (SSSR count). The van der Waals surface area contributed by atoms with Gasteiger partial charge >= 0.3 is 0 Å². The molecule has 8 heteroatoms. The Morgan fingerprint density at radius 1 is 1.14 bits per heavy atom. The smallest absolute Gasteiger partial charge is 0.261 e. The summed E-state index contributed by atoms with van der Waals surface area (Å²) in [4.78, 5) is 22.0. The highest BCUT2D eigenvalue weighted by Gasteiger charge is 2.23. The second-order valence-electron chi connectivity index (χ2n) is 6.29. The third-order valence-corrected chi connectivity index (χ3v) is 6.09. The van der Waals surface area contributed by atoms with Crippen LogP contribution >= 0.6 is 35.3 Å². The third-order valence-electron chi connectivity index (χ3n) is 4.70. The lowest BCUT2D eigenvalue weighted by atomic mass is 10.2. The van der Waals surface area contributed by atoms with Gasteiger partial charge in [0.05, 0.1) is 27.9 Å². The van der Waals surface area contributed by atoms with E-state index in [4.69, 9.17) is 21.3 Å². The van der Waals surface area contributed by atoms with E-state index in [0.29, 0.717) is 22.3 Å². The average Bonchev–Trinajstić information content (AvgIpc) is 3.14. The highest BCUT2D eigenvalue weighted by molar-refractivity contribution is 7.22. The molecule has 156 valence electrons. The minimum absolute atomic E-state index is 0. The molecular formula is C21H25Cl2N3O2S. The van der Waals surface area contributed by atoms with Gasteiger partial charge in [0.15, 0.2) is 5.13 Å². The highest BCUT2D eigenvalue weighted by atomic mass is 35.5. The fourth-order valence-electron chi connectivity index (χ4n) is 2.98. The highest BCUT2D eigenvalue weighted by Crippen LogP contribution is 2.32. The summed E-state index contributed by atoms with van der Waals surface area (Å²) in [6.45, 7) is 7.41. The van der Waals surface area contributed by atoms with Crippen molar-refractivity contribution < 1.29 is 9.53 Å². The lowest BCUT2D eigenvalue weighted by Crippen LogP contribution is -2.39. The van der Waals surface area contributed by atoms with Crippen LogP contribution < -0.4 is 9.64 Å². The number of methoxy groups -OCH3 is 1. The van der Waals surface area contributed by atoms with E-state index in [1.165, 1.54) is 11.3 Å². The molecule has 0 saturated carbocycles. The number of amides is 1. The number of thiazole rings is 1. The Labute approximate surface area is 186 Å². The van der Waals surface area contributed by atoms with Crippen LogP contribution in [-0.2, 0) is 0 Å². The molecule has 0 spiro atoms. The molecule has 3 aromatic rings. The monoisotopic (exact) mass is 453 g/mol. The molecular weight excluding hydrogens is 429 g/mol. The number of nitrogens with zero attached hydrogens (tertiary/aromatic N) is 3. The summed E-state index contributed by atoms with van der Waals surface area (Å²) in [6.07, 6.45) is 0. The summed E-state index contributed by atoms with van der Waals surface area (Å²) < 4.78 is 6.30. The molecule has 0 bridgehead atoms. The van der Waals surface area contributed by atoms with E-state index in [2.05, 4.69) is 18.7 Å². The number of halogens is 2. The molecule has 1 aromatic heterocycles. The molecule has 0 unspecified atom stereocenters. The lowest BCUT2D eigenvalue weighted by molar-refractivity contribution is 0.0984. The Morgan fingerprint density at radius 2 is 1.86 bits per heavy atom. The third kappa shape index (κ3) is 5.39. The quantitative estimate of drug-likeness (QED) is 0.459. The first-order valence-electron chi connectivity index (χ1n) is 9.30. The van der Waals surface area contributed by atoms with E-state index >= 15 is 0 Å². The summed E-state index contributed by atoms with van der Waals surface area (Å²) >= 11 is 7.79. The van der Waals surface area contributed by atoms with Gasteiger partial charge in [-0.15, -0.1) is 12.4 Å². The van der Waals surface area contributed by atoms with Gasteiger partial charge in [-0.1, -0.05) is 48.9 Å². The molecule has 1 amide bonds. The van der Waals surface area contributed by atoms with Crippen LogP contribution in [0, 0.1) is 0 Å². The summed E-state index contributed by atoms with van der Waals surface area (Å²) in [5, 5.41) is 1.11. The van der Waals surface area contributed by atoms with Crippen LogP contribution in [-0.4, -0.2) is 49.1 Å². The van der Waals surface area contributed by atoms with Gasteiger partial charge in [-0.05, 0) is 37.4 Å². The van der Waals surface area contributed by atoms with E-state index in [1.807, 2.05) is 30.3 Å². The van der Waals surface area contributed by atoms with Crippen molar-refractivity contribution in [3.05, 3.63) is 53.1 Å². The zero-order valence-electron chi connectivity index (χ0n) is 16.7. The normalized spacial score (nSPS) is 10.8. The SMILES string of the molecule is CCN(CC)CCN(C(=O)c1ccccc1Cl)c1nc2cc(OC)ccc2s1.Cl. The van der Waals surface area contributed by atoms with Crippen molar-refractivity contribution in [2.24, 2.45) is 0 Å². The first-order chi connectivity index (χ1) is 13.6. The Hall–Kier alpha value is -1.86. The van der Waals surface area contributed by atoms with Gasteiger partial charge < -0.3 is 9.64 Å². The van der Waals surface area contributed by atoms with E-state index in [-0.39, 0.29) is 18.3 Å². The molecule has 0 fully saturated rings. The van der Waals surface area contributed by atoms with Crippen LogP contribution in [0.2, 0.25) is 5.02 Å². The zero-order chi connectivity index (χ0) is 20.1. The van der Waals surface area contributed by atoms with Crippen LogP contribution in [0.15, 0.2) is 42.5 Å². The number of aromatic nitrogens is 1. The second-order valence-corrected chi connectivity index (χ2v) is 7.71. The van der Waals surface area contributed by atoms with Crippen molar-refractivity contribution in [1.82, 2.24) is 9.88 Å². The number of hydrogen-bond acceptors (Lipinski definition) is 5. The second kappa shape index (κ2) is 10.8. The number of anilines is 1. The molecule has 0 radical (unpaired) electrons. The molecule has 5 nitrogen and oxygen atoms in total. The number of rotatable bonds is 8. The maximum Gasteiger partial charge on any atom is 0.261 e. The first-order valence-corrected chi connectivity index (χ1v) is 10.5. The van der Waals surface area contributed by atoms with Crippen molar-refractivity contribution in [3.8, 4) is 5.75 Å².